The number of benzene rings is 1. The molecule has 0 radical (unpaired) electrons. The monoisotopic (exact) mass is 280 g/mol. The second kappa shape index (κ2) is 5.93. The van der Waals surface area contributed by atoms with Crippen LogP contribution >= 0.6 is 11.6 Å². The number of anilines is 1. The van der Waals surface area contributed by atoms with Gasteiger partial charge in [-0.05, 0) is 37.6 Å². The Balaban J connectivity index is 2.47. The first-order valence-electron chi connectivity index (χ1n) is 6.06. The maximum absolute atomic E-state index is 13.2. The van der Waals surface area contributed by atoms with Crippen molar-refractivity contribution in [3.05, 3.63) is 35.4 Å². The number of nitrogens with zero attached hydrogens (tertiary/aromatic N) is 4. The summed E-state index contributed by atoms with van der Waals surface area (Å²) >= 11 is 5.92. The molecule has 19 heavy (non-hydrogen) atoms. The van der Waals surface area contributed by atoms with Crippen molar-refractivity contribution in [3.63, 3.8) is 0 Å². The molecule has 4 nitrogen and oxygen atoms in total. The van der Waals surface area contributed by atoms with E-state index in [9.17, 15) is 4.39 Å². The molecule has 0 unspecified atom stereocenters. The summed E-state index contributed by atoms with van der Waals surface area (Å²) in [5.74, 6) is 0.545. The van der Waals surface area contributed by atoms with Gasteiger partial charge in [0, 0.05) is 18.7 Å². The average molecular weight is 281 g/mol. The van der Waals surface area contributed by atoms with Gasteiger partial charge in [-0.3, -0.25) is 0 Å². The SMILES string of the molecule is CCN(CC)c1nc(Cl)nc(-c2cccc(F)c2)n1. The molecule has 0 aliphatic heterocycles. The van der Waals surface area contributed by atoms with Crippen molar-refractivity contribution < 1.29 is 4.39 Å². The standard InChI is InChI=1S/C13H14ClFN4/c1-3-19(4-2)13-17-11(16-12(14)18-13)9-6-5-7-10(15)8-9/h5-8H,3-4H2,1-2H3. The zero-order valence-electron chi connectivity index (χ0n) is 10.8. The molecule has 100 valence electrons. The van der Waals surface area contributed by atoms with Gasteiger partial charge in [0.15, 0.2) is 5.82 Å². The molecule has 1 aromatic heterocycles. The van der Waals surface area contributed by atoms with Crippen molar-refractivity contribution in [3.8, 4) is 11.4 Å². The van der Waals surface area contributed by atoms with Gasteiger partial charge in [0.1, 0.15) is 5.82 Å². The van der Waals surface area contributed by atoms with E-state index in [1.807, 2.05) is 18.7 Å². The van der Waals surface area contributed by atoms with Gasteiger partial charge in [-0.1, -0.05) is 12.1 Å². The molecule has 0 atom stereocenters. The highest BCUT2D eigenvalue weighted by Crippen LogP contribution is 2.20. The van der Waals surface area contributed by atoms with Crippen molar-refractivity contribution in [2.45, 2.75) is 13.8 Å². The molecule has 0 spiro atoms. The van der Waals surface area contributed by atoms with E-state index in [0.29, 0.717) is 17.3 Å². The minimum atomic E-state index is -0.335. The minimum absolute atomic E-state index is 0.108. The summed E-state index contributed by atoms with van der Waals surface area (Å²) in [5, 5.41) is 0.108. The highest BCUT2D eigenvalue weighted by Gasteiger charge is 2.11. The number of halogens is 2. The maximum Gasteiger partial charge on any atom is 0.230 e. The van der Waals surface area contributed by atoms with Crippen LogP contribution in [0.25, 0.3) is 11.4 Å². The fourth-order valence-electron chi connectivity index (χ4n) is 1.74. The van der Waals surface area contributed by atoms with Gasteiger partial charge in [0.25, 0.3) is 0 Å². The van der Waals surface area contributed by atoms with E-state index in [4.69, 9.17) is 11.6 Å². The third kappa shape index (κ3) is 3.17. The Kier molecular flexibility index (Phi) is 4.27. The second-order valence-corrected chi connectivity index (χ2v) is 4.25. The van der Waals surface area contributed by atoms with E-state index in [2.05, 4.69) is 15.0 Å². The molecule has 0 aliphatic carbocycles. The van der Waals surface area contributed by atoms with Crippen LogP contribution in [0.4, 0.5) is 10.3 Å². The topological polar surface area (TPSA) is 41.9 Å². The van der Waals surface area contributed by atoms with Gasteiger partial charge in [0.05, 0.1) is 0 Å². The molecule has 0 saturated heterocycles. The molecule has 0 aliphatic rings. The largest absolute Gasteiger partial charge is 0.341 e. The zero-order valence-corrected chi connectivity index (χ0v) is 11.5. The summed E-state index contributed by atoms with van der Waals surface area (Å²) in [5.41, 5.74) is 0.581. The fraction of sp³-hybridized carbons (Fsp3) is 0.308. The Morgan fingerprint density at radius 1 is 1.16 bits per heavy atom. The normalized spacial score (nSPS) is 10.5. The third-order valence-electron chi connectivity index (χ3n) is 2.73. The molecular formula is C13H14ClFN4. The second-order valence-electron chi connectivity index (χ2n) is 3.91. The lowest BCUT2D eigenvalue weighted by Gasteiger charge is -2.18. The average Bonchev–Trinajstić information content (AvgIpc) is 2.39. The first-order valence-corrected chi connectivity index (χ1v) is 6.44. The highest BCUT2D eigenvalue weighted by molar-refractivity contribution is 6.28. The predicted molar refractivity (Wildman–Crippen MR) is 73.8 cm³/mol. The van der Waals surface area contributed by atoms with E-state index >= 15 is 0 Å². The van der Waals surface area contributed by atoms with Crippen LogP contribution in [-0.2, 0) is 0 Å². The van der Waals surface area contributed by atoms with Gasteiger partial charge in [-0.25, -0.2) is 4.39 Å². The Morgan fingerprint density at radius 3 is 2.53 bits per heavy atom. The third-order valence-corrected chi connectivity index (χ3v) is 2.89. The van der Waals surface area contributed by atoms with Crippen LogP contribution in [0.2, 0.25) is 5.28 Å². The Hall–Kier alpha value is -1.75. The van der Waals surface area contributed by atoms with Crippen LogP contribution in [0.3, 0.4) is 0 Å². The van der Waals surface area contributed by atoms with Gasteiger partial charge >= 0.3 is 0 Å². The van der Waals surface area contributed by atoms with E-state index in [1.54, 1.807) is 12.1 Å². The van der Waals surface area contributed by atoms with Crippen molar-refractivity contribution in [2.24, 2.45) is 0 Å². The first kappa shape index (κ1) is 13.7. The van der Waals surface area contributed by atoms with Crippen molar-refractivity contribution >= 4 is 17.5 Å². The first-order chi connectivity index (χ1) is 9.13. The van der Waals surface area contributed by atoms with E-state index in [0.717, 1.165) is 13.1 Å². The molecular weight excluding hydrogens is 267 g/mol. The minimum Gasteiger partial charge on any atom is -0.341 e. The lowest BCUT2D eigenvalue weighted by molar-refractivity contribution is 0.628. The Labute approximate surface area is 116 Å². The summed E-state index contributed by atoms with van der Waals surface area (Å²) in [6, 6.07) is 6.09. The Bertz CT molecular complexity index is 572. The van der Waals surface area contributed by atoms with Gasteiger partial charge in [-0.2, -0.15) is 15.0 Å². The molecule has 1 heterocycles. The predicted octanol–water partition coefficient (Wildman–Crippen LogP) is 3.18. The van der Waals surface area contributed by atoms with Crippen LogP contribution in [-0.4, -0.2) is 28.0 Å². The molecule has 2 aromatic rings. The summed E-state index contributed by atoms with van der Waals surface area (Å²) < 4.78 is 13.2. The maximum atomic E-state index is 13.2. The molecule has 1 aromatic carbocycles. The lowest BCUT2D eigenvalue weighted by atomic mass is 10.2. The molecule has 0 bridgehead atoms. The van der Waals surface area contributed by atoms with Crippen molar-refractivity contribution in [1.29, 1.82) is 0 Å². The lowest BCUT2D eigenvalue weighted by Crippen LogP contribution is -2.24. The number of aromatic nitrogens is 3. The van der Waals surface area contributed by atoms with Gasteiger partial charge in [0.2, 0.25) is 11.2 Å². The summed E-state index contributed by atoms with van der Waals surface area (Å²) in [7, 11) is 0. The molecule has 0 saturated carbocycles. The van der Waals surface area contributed by atoms with Crippen LogP contribution in [0, 0.1) is 5.82 Å². The van der Waals surface area contributed by atoms with Crippen LogP contribution in [0.15, 0.2) is 24.3 Å². The van der Waals surface area contributed by atoms with E-state index in [-0.39, 0.29) is 11.1 Å². The number of hydrogen-bond acceptors (Lipinski definition) is 4. The molecule has 0 fully saturated rings. The van der Waals surface area contributed by atoms with Crippen molar-refractivity contribution in [1.82, 2.24) is 15.0 Å². The van der Waals surface area contributed by atoms with Crippen LogP contribution in [0.1, 0.15) is 13.8 Å². The number of rotatable bonds is 4. The smallest absolute Gasteiger partial charge is 0.230 e. The zero-order chi connectivity index (χ0) is 13.8. The van der Waals surface area contributed by atoms with E-state index < -0.39 is 0 Å². The van der Waals surface area contributed by atoms with E-state index in [1.165, 1.54) is 12.1 Å². The molecule has 6 heteroatoms. The van der Waals surface area contributed by atoms with Crippen molar-refractivity contribution in [2.75, 3.05) is 18.0 Å². The Morgan fingerprint density at radius 2 is 1.89 bits per heavy atom. The quantitative estimate of drug-likeness (QED) is 0.863. The van der Waals surface area contributed by atoms with Gasteiger partial charge in [-0.15, -0.1) is 0 Å². The molecule has 2 rings (SSSR count). The molecule has 0 N–H and O–H groups in total. The summed E-state index contributed by atoms with van der Waals surface area (Å²) in [6.45, 7) is 5.53. The van der Waals surface area contributed by atoms with Crippen LogP contribution in [0.5, 0.6) is 0 Å². The highest BCUT2D eigenvalue weighted by atomic mass is 35.5. The van der Waals surface area contributed by atoms with Gasteiger partial charge < -0.3 is 4.90 Å². The molecule has 0 amide bonds. The summed E-state index contributed by atoms with van der Waals surface area (Å²) in [4.78, 5) is 14.4. The van der Waals surface area contributed by atoms with Crippen LogP contribution < -0.4 is 4.90 Å². The fourth-order valence-corrected chi connectivity index (χ4v) is 1.90. The number of hydrogen-bond donors (Lipinski definition) is 0. The summed E-state index contributed by atoms with van der Waals surface area (Å²) in [6.07, 6.45) is 0.